The lowest BCUT2D eigenvalue weighted by atomic mass is 9.97. The molecule has 6 heteroatoms. The van der Waals surface area contributed by atoms with Crippen molar-refractivity contribution in [1.82, 2.24) is 4.90 Å². The number of benzene rings is 1. The number of nitrogens with zero attached hydrogens (tertiary/aromatic N) is 1. The van der Waals surface area contributed by atoms with E-state index >= 15 is 0 Å². The van der Waals surface area contributed by atoms with Crippen LogP contribution in [0.4, 0.5) is 0 Å². The molecule has 0 aliphatic carbocycles. The predicted molar refractivity (Wildman–Crippen MR) is 70.4 cm³/mol. The molecule has 20 heavy (non-hydrogen) atoms. The molecule has 1 aromatic carbocycles. The SMILES string of the molecule is COC(=O)[C@H]1CCCN(C(=O)c2c(O)cccc2O)C1. The Hall–Kier alpha value is -2.24. The van der Waals surface area contributed by atoms with Gasteiger partial charge < -0.3 is 19.8 Å². The molecule has 1 heterocycles. The Morgan fingerprint density at radius 3 is 2.55 bits per heavy atom. The number of methoxy groups -OCH3 is 1. The number of piperidine rings is 1. The molecule has 0 radical (unpaired) electrons. The van der Waals surface area contributed by atoms with Crippen LogP contribution in [0.1, 0.15) is 23.2 Å². The number of hydrogen-bond donors (Lipinski definition) is 2. The van der Waals surface area contributed by atoms with Gasteiger partial charge in [0.1, 0.15) is 17.1 Å². The lowest BCUT2D eigenvalue weighted by Crippen LogP contribution is -2.42. The third kappa shape index (κ3) is 2.68. The third-order valence-corrected chi connectivity index (χ3v) is 3.48. The molecule has 1 aromatic rings. The molecular weight excluding hydrogens is 262 g/mol. The van der Waals surface area contributed by atoms with Crippen molar-refractivity contribution in [2.75, 3.05) is 20.2 Å². The minimum absolute atomic E-state index is 0.127. The van der Waals surface area contributed by atoms with Gasteiger partial charge in [-0.2, -0.15) is 0 Å². The number of ether oxygens (including phenoxy) is 1. The van der Waals surface area contributed by atoms with Gasteiger partial charge in [0.25, 0.3) is 5.91 Å². The molecule has 1 saturated heterocycles. The topological polar surface area (TPSA) is 87.1 Å². The summed E-state index contributed by atoms with van der Waals surface area (Å²) in [6, 6.07) is 4.14. The zero-order valence-corrected chi connectivity index (χ0v) is 11.2. The Morgan fingerprint density at radius 2 is 1.95 bits per heavy atom. The summed E-state index contributed by atoms with van der Waals surface area (Å²) in [5.41, 5.74) is -0.127. The van der Waals surface area contributed by atoms with Gasteiger partial charge in [-0.05, 0) is 25.0 Å². The van der Waals surface area contributed by atoms with E-state index in [0.717, 1.165) is 0 Å². The number of rotatable bonds is 2. The van der Waals surface area contributed by atoms with E-state index in [1.165, 1.54) is 30.2 Å². The number of carbonyl (C=O) groups is 2. The van der Waals surface area contributed by atoms with Crippen LogP contribution >= 0.6 is 0 Å². The third-order valence-electron chi connectivity index (χ3n) is 3.48. The van der Waals surface area contributed by atoms with E-state index in [2.05, 4.69) is 0 Å². The number of phenols is 2. The lowest BCUT2D eigenvalue weighted by molar-refractivity contribution is -0.146. The molecule has 1 aliphatic heterocycles. The average Bonchev–Trinajstić information content (AvgIpc) is 2.46. The summed E-state index contributed by atoms with van der Waals surface area (Å²) in [4.78, 5) is 25.4. The molecule has 6 nitrogen and oxygen atoms in total. The fraction of sp³-hybridized carbons (Fsp3) is 0.429. The van der Waals surface area contributed by atoms with Gasteiger partial charge in [0, 0.05) is 13.1 Å². The Kier molecular flexibility index (Phi) is 4.12. The van der Waals surface area contributed by atoms with Crippen LogP contribution in [0.3, 0.4) is 0 Å². The molecule has 1 amide bonds. The number of carbonyl (C=O) groups excluding carboxylic acids is 2. The van der Waals surface area contributed by atoms with Crippen LogP contribution in [0.2, 0.25) is 0 Å². The van der Waals surface area contributed by atoms with Crippen molar-refractivity contribution >= 4 is 11.9 Å². The van der Waals surface area contributed by atoms with E-state index in [1.807, 2.05) is 0 Å². The largest absolute Gasteiger partial charge is 0.507 e. The summed E-state index contributed by atoms with van der Waals surface area (Å²) in [5.74, 6) is -1.71. The zero-order chi connectivity index (χ0) is 14.7. The number of amides is 1. The van der Waals surface area contributed by atoms with Crippen molar-refractivity contribution in [2.24, 2.45) is 5.92 Å². The second-order valence-electron chi connectivity index (χ2n) is 4.78. The average molecular weight is 279 g/mol. The van der Waals surface area contributed by atoms with Gasteiger partial charge in [0.05, 0.1) is 13.0 Å². The van der Waals surface area contributed by atoms with E-state index in [9.17, 15) is 19.8 Å². The van der Waals surface area contributed by atoms with E-state index in [4.69, 9.17) is 4.74 Å². The van der Waals surface area contributed by atoms with Crippen LogP contribution in [0.15, 0.2) is 18.2 Å². The standard InChI is InChI=1S/C14H17NO5/c1-20-14(19)9-4-3-7-15(8-9)13(18)12-10(16)5-2-6-11(12)17/h2,5-6,9,16-17H,3-4,7-8H2,1H3/t9-/m0/s1. The Morgan fingerprint density at radius 1 is 1.30 bits per heavy atom. The maximum atomic E-state index is 12.4. The van der Waals surface area contributed by atoms with Crippen molar-refractivity contribution in [3.8, 4) is 11.5 Å². The summed E-state index contributed by atoms with van der Waals surface area (Å²) in [6.45, 7) is 0.722. The molecule has 0 spiro atoms. The summed E-state index contributed by atoms with van der Waals surface area (Å²) in [6.07, 6.45) is 1.35. The second kappa shape index (κ2) is 5.81. The number of hydrogen-bond acceptors (Lipinski definition) is 5. The summed E-state index contributed by atoms with van der Waals surface area (Å²) in [5, 5.41) is 19.4. The second-order valence-corrected chi connectivity index (χ2v) is 4.78. The molecule has 0 aromatic heterocycles. The molecule has 1 fully saturated rings. The van der Waals surface area contributed by atoms with E-state index in [1.54, 1.807) is 0 Å². The molecule has 1 aliphatic rings. The van der Waals surface area contributed by atoms with Gasteiger partial charge in [0.2, 0.25) is 0 Å². The normalized spacial score (nSPS) is 18.6. The Labute approximate surface area is 116 Å². The van der Waals surface area contributed by atoms with Crippen LogP contribution in [0.5, 0.6) is 11.5 Å². The first-order valence-electron chi connectivity index (χ1n) is 6.42. The van der Waals surface area contributed by atoms with Crippen LogP contribution in [-0.2, 0) is 9.53 Å². The van der Waals surface area contributed by atoms with Crippen LogP contribution in [0.25, 0.3) is 0 Å². The first-order valence-corrected chi connectivity index (χ1v) is 6.42. The minimum Gasteiger partial charge on any atom is -0.507 e. The van der Waals surface area contributed by atoms with Crippen LogP contribution in [-0.4, -0.2) is 47.2 Å². The highest BCUT2D eigenvalue weighted by Crippen LogP contribution is 2.29. The highest BCUT2D eigenvalue weighted by Gasteiger charge is 2.31. The number of likely N-dealkylation sites (tertiary alicyclic amines) is 1. The minimum atomic E-state index is -0.478. The van der Waals surface area contributed by atoms with E-state index in [0.29, 0.717) is 19.4 Å². The Balaban J connectivity index is 2.19. The number of phenolic OH excluding ortho intramolecular Hbond substituents is 2. The first-order chi connectivity index (χ1) is 9.54. The van der Waals surface area contributed by atoms with Gasteiger partial charge in [-0.25, -0.2) is 0 Å². The van der Waals surface area contributed by atoms with Gasteiger partial charge in [-0.3, -0.25) is 9.59 Å². The molecule has 108 valence electrons. The van der Waals surface area contributed by atoms with Crippen molar-refractivity contribution in [1.29, 1.82) is 0 Å². The quantitative estimate of drug-likeness (QED) is 0.792. The molecule has 1 atom stereocenters. The highest BCUT2D eigenvalue weighted by atomic mass is 16.5. The molecule has 2 N–H and O–H groups in total. The summed E-state index contributed by atoms with van der Waals surface area (Å²) < 4.78 is 4.70. The summed E-state index contributed by atoms with van der Waals surface area (Å²) in [7, 11) is 1.32. The van der Waals surface area contributed by atoms with E-state index < -0.39 is 5.91 Å². The van der Waals surface area contributed by atoms with Gasteiger partial charge in [-0.15, -0.1) is 0 Å². The van der Waals surface area contributed by atoms with Crippen molar-refractivity contribution in [3.63, 3.8) is 0 Å². The van der Waals surface area contributed by atoms with Crippen molar-refractivity contribution in [2.45, 2.75) is 12.8 Å². The molecule has 0 unspecified atom stereocenters. The molecule has 2 rings (SSSR count). The fourth-order valence-electron chi connectivity index (χ4n) is 2.43. The maximum absolute atomic E-state index is 12.4. The monoisotopic (exact) mass is 279 g/mol. The molecule has 0 saturated carbocycles. The zero-order valence-electron chi connectivity index (χ0n) is 11.2. The summed E-state index contributed by atoms with van der Waals surface area (Å²) >= 11 is 0. The maximum Gasteiger partial charge on any atom is 0.310 e. The highest BCUT2D eigenvalue weighted by molar-refractivity contribution is 5.99. The van der Waals surface area contributed by atoms with Gasteiger partial charge in [-0.1, -0.05) is 6.07 Å². The lowest BCUT2D eigenvalue weighted by Gasteiger charge is -2.31. The van der Waals surface area contributed by atoms with E-state index in [-0.39, 0.29) is 35.5 Å². The van der Waals surface area contributed by atoms with Gasteiger partial charge >= 0.3 is 5.97 Å². The fourth-order valence-corrected chi connectivity index (χ4v) is 2.43. The Bertz CT molecular complexity index is 508. The van der Waals surface area contributed by atoms with Gasteiger partial charge in [0.15, 0.2) is 0 Å². The number of esters is 1. The van der Waals surface area contributed by atoms with Crippen molar-refractivity contribution in [3.05, 3.63) is 23.8 Å². The van der Waals surface area contributed by atoms with Crippen LogP contribution in [0, 0.1) is 5.92 Å². The number of aromatic hydroxyl groups is 2. The first kappa shape index (κ1) is 14.2. The molecular formula is C14H17NO5. The predicted octanol–water partition coefficient (Wildman–Crippen LogP) is 1.12. The van der Waals surface area contributed by atoms with Crippen LogP contribution < -0.4 is 0 Å². The molecule has 0 bridgehead atoms. The smallest absolute Gasteiger partial charge is 0.310 e. The van der Waals surface area contributed by atoms with Crippen molar-refractivity contribution < 1.29 is 24.5 Å².